The van der Waals surface area contributed by atoms with Crippen LogP contribution in [-0.4, -0.2) is 52.5 Å². The van der Waals surface area contributed by atoms with Crippen molar-refractivity contribution in [1.82, 2.24) is 0 Å². The molecule has 4 rings (SSSR count). The molecule has 4 aromatic rings. The minimum atomic E-state index is -2.03. The van der Waals surface area contributed by atoms with Gasteiger partial charge >= 0.3 is 0 Å². The van der Waals surface area contributed by atoms with Gasteiger partial charge in [0, 0.05) is 21.7 Å². The van der Waals surface area contributed by atoms with Gasteiger partial charge in [0.05, 0.1) is 0 Å². The van der Waals surface area contributed by atoms with E-state index in [1.54, 1.807) is 0 Å². The van der Waals surface area contributed by atoms with Gasteiger partial charge in [-0.15, -0.1) is 0 Å². The first-order chi connectivity index (χ1) is 18.4. The molecule has 0 amide bonds. The van der Waals surface area contributed by atoms with Gasteiger partial charge in [-0.3, -0.25) is 0 Å². The van der Waals surface area contributed by atoms with Crippen LogP contribution >= 0.6 is 0 Å². The molecule has 4 nitrogen and oxygen atoms in total. The van der Waals surface area contributed by atoms with Gasteiger partial charge in [0.2, 0.25) is 33.3 Å². The quantitative estimate of drug-likeness (QED) is 0.246. The summed E-state index contributed by atoms with van der Waals surface area (Å²) in [6.45, 7) is 15.4. The van der Waals surface area contributed by atoms with E-state index in [4.69, 9.17) is 0 Å². The zero-order chi connectivity index (χ0) is 30.5. The van der Waals surface area contributed by atoms with E-state index < -0.39 is 33.3 Å². The second kappa shape index (κ2) is 18.1. The van der Waals surface area contributed by atoms with Crippen molar-refractivity contribution < 1.29 is 40.9 Å². The predicted octanol–water partition coefficient (Wildman–Crippen LogP) is 4.36. The molecule has 0 fully saturated rings. The van der Waals surface area contributed by atoms with Gasteiger partial charge in [-0.25, -0.2) is 0 Å². The molecule has 0 heterocycles. The van der Waals surface area contributed by atoms with E-state index in [0.29, 0.717) is 0 Å². The maximum absolute atomic E-state index is 9.63. The Morgan fingerprint density at radius 3 is 0.488 bits per heavy atom. The summed E-state index contributed by atoms with van der Waals surface area (Å²) in [4.78, 5) is 38.5. The van der Waals surface area contributed by atoms with Crippen molar-refractivity contribution in [3.8, 4) is 0 Å². The van der Waals surface area contributed by atoms with E-state index in [2.05, 4.69) is 0 Å². The number of benzene rings is 4. The molecular weight excluding hydrogens is 609 g/mol. The largest absolute Gasteiger partial charge is 0.428 e. The normalized spacial score (nSPS) is 11.2. The minimum Gasteiger partial charge on any atom is -0.428 e. The summed E-state index contributed by atoms with van der Waals surface area (Å²) in [5.41, 5.74) is 0. The minimum absolute atomic E-state index is 0. The van der Waals surface area contributed by atoms with Gasteiger partial charge in [-0.2, -0.15) is 0 Å². The number of hydrogen-bond donors (Lipinski definition) is 4. The molecule has 0 aromatic heterocycles. The topological polar surface area (TPSA) is 80.9 Å². The fourth-order valence-electron chi connectivity index (χ4n) is 3.38. The first-order valence-corrected chi connectivity index (χ1v) is 25.3. The van der Waals surface area contributed by atoms with E-state index in [9.17, 15) is 19.2 Å². The number of hydrogen-bond acceptors (Lipinski definition) is 4. The van der Waals surface area contributed by atoms with Crippen LogP contribution in [0.4, 0.5) is 0 Å². The SMILES string of the molecule is C[Si](C)(O)c1ccccc1.C[Si](C)(O)c1ccccc1.C[Si](C)(O)c1ccccc1.C[Si](C)(O)c1ccccc1.[Ti]. The maximum atomic E-state index is 9.63. The summed E-state index contributed by atoms with van der Waals surface area (Å²) in [6.07, 6.45) is 0. The summed E-state index contributed by atoms with van der Waals surface area (Å²) in [5.74, 6) is 0. The van der Waals surface area contributed by atoms with Crippen LogP contribution in [0.3, 0.4) is 0 Å². The molecule has 0 unspecified atom stereocenters. The maximum Gasteiger partial charge on any atom is 0.213 e. The van der Waals surface area contributed by atoms with Crippen LogP contribution in [0.15, 0.2) is 121 Å². The summed E-state index contributed by atoms with van der Waals surface area (Å²) in [7, 11) is -8.13. The Balaban J connectivity index is 0.000000516. The molecule has 220 valence electrons. The Morgan fingerprint density at radius 1 is 0.293 bits per heavy atom. The smallest absolute Gasteiger partial charge is 0.213 e. The monoisotopic (exact) mass is 656 g/mol. The van der Waals surface area contributed by atoms with Crippen LogP contribution in [-0.2, 0) is 21.7 Å². The van der Waals surface area contributed by atoms with Crippen molar-refractivity contribution >= 4 is 54.0 Å². The average Bonchev–Trinajstić information content (AvgIpc) is 2.90. The molecule has 0 atom stereocenters. The Kier molecular flexibility index (Phi) is 17.3. The summed E-state index contributed by atoms with van der Waals surface area (Å²) < 4.78 is 0. The molecule has 0 aliphatic carbocycles. The molecule has 0 saturated heterocycles. The molecule has 41 heavy (non-hydrogen) atoms. The summed E-state index contributed by atoms with van der Waals surface area (Å²) in [6, 6.07) is 39.3. The first-order valence-electron chi connectivity index (χ1n) is 13.5. The van der Waals surface area contributed by atoms with Crippen molar-refractivity contribution in [3.05, 3.63) is 121 Å². The van der Waals surface area contributed by atoms with Gasteiger partial charge in [0.15, 0.2) is 0 Å². The third-order valence-corrected chi connectivity index (χ3v) is 12.9. The van der Waals surface area contributed by atoms with E-state index in [1.165, 1.54) is 0 Å². The van der Waals surface area contributed by atoms with Gasteiger partial charge in [-0.05, 0) is 73.1 Å². The molecule has 0 aliphatic heterocycles. The van der Waals surface area contributed by atoms with Crippen molar-refractivity contribution in [2.24, 2.45) is 0 Å². The Bertz CT molecular complexity index is 1010. The third-order valence-electron chi connectivity index (χ3n) is 5.92. The van der Waals surface area contributed by atoms with Crippen LogP contribution in [0.25, 0.3) is 0 Å². The molecule has 4 aromatic carbocycles. The van der Waals surface area contributed by atoms with Gasteiger partial charge < -0.3 is 19.2 Å². The summed E-state index contributed by atoms with van der Waals surface area (Å²) in [5, 5.41) is 4.37. The second-order valence-corrected chi connectivity index (χ2v) is 26.5. The standard InChI is InChI=1S/4C8H12OSi.Ti/c4*1-10(2,9)8-6-4-3-5-7-8;/h4*3-7,9H,1-2H3;. The average molecular weight is 657 g/mol. The van der Waals surface area contributed by atoms with Crippen LogP contribution in [0.2, 0.25) is 52.4 Å². The number of rotatable bonds is 4. The van der Waals surface area contributed by atoms with Crippen molar-refractivity contribution in [3.63, 3.8) is 0 Å². The van der Waals surface area contributed by atoms with Crippen LogP contribution in [0, 0.1) is 0 Å². The molecule has 0 bridgehead atoms. The van der Waals surface area contributed by atoms with Gasteiger partial charge in [0.25, 0.3) is 0 Å². The Hall–Kier alpha value is -1.70. The summed E-state index contributed by atoms with van der Waals surface area (Å²) >= 11 is 0. The van der Waals surface area contributed by atoms with Crippen molar-refractivity contribution in [2.45, 2.75) is 52.4 Å². The zero-order valence-electron chi connectivity index (χ0n) is 25.8. The van der Waals surface area contributed by atoms with Gasteiger partial charge in [-0.1, -0.05) is 121 Å². The molecule has 4 N–H and O–H groups in total. The third kappa shape index (κ3) is 17.1. The van der Waals surface area contributed by atoms with E-state index in [-0.39, 0.29) is 21.7 Å². The zero-order valence-corrected chi connectivity index (χ0v) is 31.4. The molecule has 0 aliphatic rings. The van der Waals surface area contributed by atoms with Crippen molar-refractivity contribution in [1.29, 1.82) is 0 Å². The van der Waals surface area contributed by atoms with Gasteiger partial charge in [0.1, 0.15) is 0 Å². The molecule has 9 heteroatoms. The molecule has 0 radical (unpaired) electrons. The van der Waals surface area contributed by atoms with E-state index in [1.807, 2.05) is 174 Å². The fourth-order valence-corrected chi connectivity index (χ4v) is 7.42. The van der Waals surface area contributed by atoms with E-state index in [0.717, 1.165) is 20.7 Å². The molecule has 0 saturated carbocycles. The van der Waals surface area contributed by atoms with Crippen LogP contribution < -0.4 is 20.7 Å². The predicted molar refractivity (Wildman–Crippen MR) is 183 cm³/mol. The first kappa shape index (κ1) is 39.3. The Labute approximate surface area is 267 Å². The Morgan fingerprint density at radius 2 is 0.415 bits per heavy atom. The molecular formula is C32H48O4Si4Ti. The van der Waals surface area contributed by atoms with Crippen LogP contribution in [0.5, 0.6) is 0 Å². The molecule has 0 spiro atoms. The van der Waals surface area contributed by atoms with E-state index >= 15 is 0 Å². The fraction of sp³-hybridized carbons (Fsp3) is 0.250. The second-order valence-electron chi connectivity index (χ2n) is 11.7. The van der Waals surface area contributed by atoms with Crippen molar-refractivity contribution in [2.75, 3.05) is 0 Å². The van der Waals surface area contributed by atoms with Crippen LogP contribution in [0.1, 0.15) is 0 Å².